The number of aromatic nitrogens is 4. The third kappa shape index (κ3) is 5.00. The number of pyridine rings is 1. The Bertz CT molecular complexity index is 1140. The van der Waals surface area contributed by atoms with Gasteiger partial charge >= 0.3 is 0 Å². The number of benzene rings is 2. The van der Waals surface area contributed by atoms with Crippen LogP contribution in [0.2, 0.25) is 0 Å². The van der Waals surface area contributed by atoms with E-state index in [4.69, 9.17) is 0 Å². The lowest BCUT2D eigenvalue weighted by Crippen LogP contribution is -2.34. The van der Waals surface area contributed by atoms with Gasteiger partial charge in [0.1, 0.15) is 5.69 Å². The second-order valence-electron chi connectivity index (χ2n) is 7.53. The molecule has 0 aliphatic rings. The highest BCUT2D eigenvalue weighted by Gasteiger charge is 2.32. The summed E-state index contributed by atoms with van der Waals surface area (Å²) >= 11 is 1.38. The summed E-state index contributed by atoms with van der Waals surface area (Å²) < 4.78 is 1.25. The largest absolute Gasteiger partial charge is 0.325 e. The quantitative estimate of drug-likeness (QED) is 0.423. The normalized spacial score (nSPS) is 11.3. The number of para-hydroxylation sites is 1. The van der Waals surface area contributed by atoms with E-state index in [-0.39, 0.29) is 5.91 Å². The Labute approximate surface area is 185 Å². The highest BCUT2D eigenvalue weighted by Crippen LogP contribution is 2.34. The first kappa shape index (κ1) is 20.8. The van der Waals surface area contributed by atoms with E-state index in [1.807, 2.05) is 85.1 Å². The summed E-state index contributed by atoms with van der Waals surface area (Å²) in [5.74, 6) is 0.573. The van der Waals surface area contributed by atoms with Crippen LogP contribution in [0.3, 0.4) is 0 Å². The molecule has 0 fully saturated rings. The van der Waals surface area contributed by atoms with Crippen LogP contribution in [-0.4, -0.2) is 30.4 Å². The molecule has 1 amide bonds. The van der Waals surface area contributed by atoms with Crippen LogP contribution < -0.4 is 5.32 Å². The summed E-state index contributed by atoms with van der Waals surface area (Å²) in [6, 6.07) is 25.3. The van der Waals surface area contributed by atoms with E-state index in [1.54, 1.807) is 6.20 Å². The van der Waals surface area contributed by atoms with Gasteiger partial charge in [-0.15, -0.1) is 10.2 Å². The van der Waals surface area contributed by atoms with Crippen molar-refractivity contribution < 1.29 is 4.79 Å². The molecule has 4 aromatic rings. The summed E-state index contributed by atoms with van der Waals surface area (Å²) in [7, 11) is 0. The molecule has 156 valence electrons. The second kappa shape index (κ2) is 9.14. The molecule has 0 saturated carbocycles. The van der Waals surface area contributed by atoms with E-state index < -0.39 is 4.75 Å². The fourth-order valence-electron chi connectivity index (χ4n) is 3.03. The Balaban J connectivity index is 1.64. The number of anilines is 1. The zero-order valence-corrected chi connectivity index (χ0v) is 18.2. The smallest absolute Gasteiger partial charge is 0.240 e. The average molecular weight is 430 g/mol. The van der Waals surface area contributed by atoms with E-state index in [0.29, 0.717) is 17.5 Å². The Morgan fingerprint density at radius 1 is 0.935 bits per heavy atom. The number of rotatable bonds is 7. The van der Waals surface area contributed by atoms with E-state index in [2.05, 4.69) is 32.6 Å². The van der Waals surface area contributed by atoms with Crippen molar-refractivity contribution in [2.75, 3.05) is 5.32 Å². The lowest BCUT2D eigenvalue weighted by molar-refractivity contribution is -0.117. The molecule has 0 unspecified atom stereocenters. The molecule has 0 atom stereocenters. The maximum absolute atomic E-state index is 13.0. The molecule has 6 nitrogen and oxygen atoms in total. The van der Waals surface area contributed by atoms with Gasteiger partial charge in [0, 0.05) is 11.9 Å². The van der Waals surface area contributed by atoms with Crippen molar-refractivity contribution in [3.63, 3.8) is 0 Å². The van der Waals surface area contributed by atoms with Gasteiger partial charge in [-0.1, -0.05) is 66.4 Å². The maximum atomic E-state index is 13.0. The van der Waals surface area contributed by atoms with Crippen molar-refractivity contribution in [1.29, 1.82) is 0 Å². The van der Waals surface area contributed by atoms with Crippen LogP contribution in [0.4, 0.5) is 5.69 Å². The van der Waals surface area contributed by atoms with Gasteiger partial charge in [-0.25, -0.2) is 0 Å². The topological polar surface area (TPSA) is 72.7 Å². The molecule has 0 aliphatic carbocycles. The molecule has 0 spiro atoms. The van der Waals surface area contributed by atoms with Crippen molar-refractivity contribution in [3.05, 3.63) is 90.6 Å². The number of carbonyl (C=O) groups is 1. The average Bonchev–Trinajstić information content (AvgIpc) is 3.17. The van der Waals surface area contributed by atoms with Gasteiger partial charge in [-0.05, 0) is 43.7 Å². The standard InChI is InChI=1S/C24H23N5OS/c1-24(2,22(30)26-19-13-7-4-8-14-19)31-23-28-27-21(20-15-9-10-16-25-20)29(23)17-18-11-5-3-6-12-18/h3-16H,17H2,1-2H3,(H,26,30). The lowest BCUT2D eigenvalue weighted by atomic mass is 10.2. The van der Waals surface area contributed by atoms with Crippen molar-refractivity contribution in [1.82, 2.24) is 19.7 Å². The summed E-state index contributed by atoms with van der Waals surface area (Å²) in [5, 5.41) is 12.5. The fourth-order valence-corrected chi connectivity index (χ4v) is 3.98. The number of carbonyl (C=O) groups excluding carboxylic acids is 1. The zero-order chi connectivity index (χ0) is 21.7. The minimum Gasteiger partial charge on any atom is -0.325 e. The van der Waals surface area contributed by atoms with Gasteiger partial charge in [-0.3, -0.25) is 14.3 Å². The minimum atomic E-state index is -0.765. The number of thioether (sulfide) groups is 1. The molecule has 31 heavy (non-hydrogen) atoms. The monoisotopic (exact) mass is 429 g/mol. The first-order valence-corrected chi connectivity index (χ1v) is 10.8. The van der Waals surface area contributed by atoms with Crippen molar-refractivity contribution in [3.8, 4) is 11.5 Å². The first-order chi connectivity index (χ1) is 15.0. The summed E-state index contributed by atoms with van der Waals surface area (Å²) in [6.45, 7) is 4.36. The molecule has 7 heteroatoms. The summed E-state index contributed by atoms with van der Waals surface area (Å²) in [5.41, 5.74) is 2.62. The second-order valence-corrected chi connectivity index (χ2v) is 9.12. The van der Waals surface area contributed by atoms with Gasteiger partial charge < -0.3 is 5.32 Å². The van der Waals surface area contributed by atoms with Gasteiger partial charge in [0.25, 0.3) is 0 Å². The van der Waals surface area contributed by atoms with Crippen LogP contribution >= 0.6 is 11.8 Å². The van der Waals surface area contributed by atoms with E-state index in [0.717, 1.165) is 16.9 Å². The molecule has 1 N–H and O–H groups in total. The molecular weight excluding hydrogens is 406 g/mol. The van der Waals surface area contributed by atoms with Crippen LogP contribution in [0.1, 0.15) is 19.4 Å². The number of hydrogen-bond donors (Lipinski definition) is 1. The van der Waals surface area contributed by atoms with Gasteiger partial charge in [0.05, 0.1) is 11.3 Å². The van der Waals surface area contributed by atoms with Crippen LogP contribution in [0.5, 0.6) is 0 Å². The molecule has 2 heterocycles. The molecule has 0 aliphatic heterocycles. The molecular formula is C24H23N5OS. The van der Waals surface area contributed by atoms with Crippen molar-refractivity contribution >= 4 is 23.4 Å². The molecule has 4 rings (SSSR count). The Kier molecular flexibility index (Phi) is 6.13. The summed E-state index contributed by atoms with van der Waals surface area (Å²) in [4.78, 5) is 17.4. The van der Waals surface area contributed by atoms with Crippen molar-refractivity contribution in [2.24, 2.45) is 0 Å². The third-order valence-corrected chi connectivity index (χ3v) is 5.90. The third-order valence-electron chi connectivity index (χ3n) is 4.72. The molecule has 0 radical (unpaired) electrons. The molecule has 0 bridgehead atoms. The Hall–Kier alpha value is -3.45. The summed E-state index contributed by atoms with van der Waals surface area (Å²) in [6.07, 6.45) is 1.74. The van der Waals surface area contributed by atoms with Gasteiger partial charge in [-0.2, -0.15) is 0 Å². The molecule has 2 aromatic heterocycles. The minimum absolute atomic E-state index is 0.0997. The van der Waals surface area contributed by atoms with Crippen LogP contribution in [0, 0.1) is 0 Å². The van der Waals surface area contributed by atoms with Gasteiger partial charge in [0.2, 0.25) is 5.91 Å². The number of hydrogen-bond acceptors (Lipinski definition) is 5. The number of amides is 1. The lowest BCUT2D eigenvalue weighted by Gasteiger charge is -2.23. The zero-order valence-electron chi connectivity index (χ0n) is 17.4. The fraction of sp³-hybridized carbons (Fsp3) is 0.167. The predicted molar refractivity (Wildman–Crippen MR) is 124 cm³/mol. The molecule has 2 aromatic carbocycles. The first-order valence-electron chi connectivity index (χ1n) is 9.97. The van der Waals surface area contributed by atoms with Gasteiger partial charge in [0.15, 0.2) is 11.0 Å². The maximum Gasteiger partial charge on any atom is 0.240 e. The van der Waals surface area contributed by atoms with Crippen LogP contribution in [0.25, 0.3) is 11.5 Å². The SMILES string of the molecule is CC(C)(Sc1nnc(-c2ccccn2)n1Cc1ccccc1)C(=O)Nc1ccccc1. The van der Waals surface area contributed by atoms with Crippen LogP contribution in [0.15, 0.2) is 90.2 Å². The molecule has 0 saturated heterocycles. The van der Waals surface area contributed by atoms with E-state index >= 15 is 0 Å². The van der Waals surface area contributed by atoms with E-state index in [1.165, 1.54) is 11.8 Å². The number of nitrogens with zero attached hydrogens (tertiary/aromatic N) is 4. The Morgan fingerprint density at radius 2 is 1.61 bits per heavy atom. The number of nitrogens with one attached hydrogen (secondary N) is 1. The Morgan fingerprint density at radius 3 is 2.29 bits per heavy atom. The highest BCUT2D eigenvalue weighted by molar-refractivity contribution is 8.01. The predicted octanol–water partition coefficient (Wildman–Crippen LogP) is 4.90. The highest BCUT2D eigenvalue weighted by atomic mass is 32.2. The van der Waals surface area contributed by atoms with E-state index in [9.17, 15) is 4.79 Å². The van der Waals surface area contributed by atoms with Crippen LogP contribution in [-0.2, 0) is 11.3 Å². The van der Waals surface area contributed by atoms with Crippen molar-refractivity contribution in [2.45, 2.75) is 30.3 Å².